The zero-order valence-electron chi connectivity index (χ0n) is 8.85. The molecule has 0 aromatic carbocycles. The second-order valence-electron chi connectivity index (χ2n) is 3.66. The maximum absolute atomic E-state index is 10.1. The first-order chi connectivity index (χ1) is 7.66. The first-order valence-electron chi connectivity index (χ1n) is 4.99. The van der Waals surface area contributed by atoms with E-state index in [1.165, 1.54) is 4.88 Å². The number of thiophene rings is 1. The van der Waals surface area contributed by atoms with Crippen molar-refractivity contribution in [2.24, 2.45) is 0 Å². The number of hydrogen-bond acceptors (Lipinski definition) is 3. The minimum absolute atomic E-state index is 0.473. The van der Waals surface area contributed by atoms with Crippen molar-refractivity contribution >= 4 is 27.3 Å². The number of aliphatic hydroxyl groups is 1. The van der Waals surface area contributed by atoms with Gasteiger partial charge in [0, 0.05) is 29.3 Å². The number of pyridine rings is 1. The Labute approximate surface area is 107 Å². The van der Waals surface area contributed by atoms with E-state index in [1.54, 1.807) is 23.7 Å². The van der Waals surface area contributed by atoms with E-state index in [-0.39, 0.29) is 0 Å². The Morgan fingerprint density at radius 1 is 1.44 bits per heavy atom. The summed E-state index contributed by atoms with van der Waals surface area (Å²) in [6.07, 6.45) is 3.65. The van der Waals surface area contributed by atoms with E-state index in [9.17, 15) is 5.11 Å². The molecule has 84 valence electrons. The highest BCUT2D eigenvalue weighted by Crippen LogP contribution is 2.27. The van der Waals surface area contributed by atoms with Gasteiger partial charge in [-0.3, -0.25) is 4.98 Å². The third kappa shape index (κ3) is 2.70. The second-order valence-corrected chi connectivity index (χ2v) is 6.21. The van der Waals surface area contributed by atoms with Gasteiger partial charge in [-0.15, -0.1) is 11.3 Å². The highest BCUT2D eigenvalue weighted by Gasteiger charge is 2.12. The van der Waals surface area contributed by atoms with Crippen LogP contribution < -0.4 is 0 Å². The number of nitrogens with zero attached hydrogens (tertiary/aromatic N) is 1. The summed E-state index contributed by atoms with van der Waals surface area (Å²) in [6, 6.07) is 5.95. The first kappa shape index (κ1) is 11.8. The van der Waals surface area contributed by atoms with Gasteiger partial charge in [0.25, 0.3) is 0 Å². The molecule has 16 heavy (non-hydrogen) atoms. The fraction of sp³-hybridized carbons (Fsp3) is 0.250. The SMILES string of the molecule is Cc1ccncc1C(O)Cc1ccc(Br)s1. The van der Waals surface area contributed by atoms with Crippen LogP contribution in [0.1, 0.15) is 22.1 Å². The lowest BCUT2D eigenvalue weighted by Crippen LogP contribution is -2.03. The number of halogens is 1. The fourth-order valence-electron chi connectivity index (χ4n) is 1.59. The summed E-state index contributed by atoms with van der Waals surface area (Å²) in [5, 5.41) is 10.1. The average Bonchev–Trinajstić information content (AvgIpc) is 2.64. The van der Waals surface area contributed by atoms with E-state index in [4.69, 9.17) is 0 Å². The van der Waals surface area contributed by atoms with Crippen molar-refractivity contribution in [3.05, 3.63) is 50.4 Å². The van der Waals surface area contributed by atoms with Gasteiger partial charge < -0.3 is 5.11 Å². The normalized spacial score (nSPS) is 12.7. The lowest BCUT2D eigenvalue weighted by atomic mass is 10.0. The molecule has 0 aliphatic carbocycles. The number of rotatable bonds is 3. The fourth-order valence-corrected chi connectivity index (χ4v) is 3.11. The molecule has 2 aromatic rings. The topological polar surface area (TPSA) is 33.1 Å². The Morgan fingerprint density at radius 3 is 2.88 bits per heavy atom. The average molecular weight is 298 g/mol. The van der Waals surface area contributed by atoms with Gasteiger partial charge >= 0.3 is 0 Å². The van der Waals surface area contributed by atoms with Gasteiger partial charge in [0.05, 0.1) is 9.89 Å². The summed E-state index contributed by atoms with van der Waals surface area (Å²) in [4.78, 5) is 5.22. The van der Waals surface area contributed by atoms with Crippen LogP contribution in [0, 0.1) is 6.92 Å². The van der Waals surface area contributed by atoms with Crippen LogP contribution in [0.15, 0.2) is 34.4 Å². The number of aromatic nitrogens is 1. The lowest BCUT2D eigenvalue weighted by molar-refractivity contribution is 0.178. The van der Waals surface area contributed by atoms with E-state index in [1.807, 2.05) is 25.1 Å². The quantitative estimate of drug-likeness (QED) is 0.941. The molecule has 0 amide bonds. The monoisotopic (exact) mass is 297 g/mol. The Morgan fingerprint density at radius 2 is 2.25 bits per heavy atom. The number of aryl methyl sites for hydroxylation is 1. The van der Waals surface area contributed by atoms with Crippen molar-refractivity contribution in [1.82, 2.24) is 4.98 Å². The lowest BCUT2D eigenvalue weighted by Gasteiger charge is -2.11. The molecule has 1 N–H and O–H groups in total. The molecule has 0 fully saturated rings. The van der Waals surface area contributed by atoms with Crippen molar-refractivity contribution in [3.63, 3.8) is 0 Å². The van der Waals surface area contributed by atoms with Crippen LogP contribution in [0.3, 0.4) is 0 Å². The van der Waals surface area contributed by atoms with Crippen LogP contribution in [0.25, 0.3) is 0 Å². The molecular formula is C12H12BrNOS. The Bertz CT molecular complexity index is 483. The van der Waals surface area contributed by atoms with Crippen LogP contribution >= 0.6 is 27.3 Å². The highest BCUT2D eigenvalue weighted by atomic mass is 79.9. The van der Waals surface area contributed by atoms with E-state index in [2.05, 4.69) is 20.9 Å². The molecule has 2 heterocycles. The molecule has 0 spiro atoms. The molecule has 0 aliphatic heterocycles. The van der Waals surface area contributed by atoms with Crippen molar-refractivity contribution in [3.8, 4) is 0 Å². The van der Waals surface area contributed by atoms with E-state index < -0.39 is 6.10 Å². The molecule has 0 saturated carbocycles. The van der Waals surface area contributed by atoms with Gasteiger partial charge in [-0.25, -0.2) is 0 Å². The summed E-state index contributed by atoms with van der Waals surface area (Å²) in [7, 11) is 0. The van der Waals surface area contributed by atoms with Crippen LogP contribution in [-0.4, -0.2) is 10.1 Å². The molecule has 2 nitrogen and oxygen atoms in total. The standard InChI is InChI=1S/C12H12BrNOS/c1-8-4-5-14-7-10(8)11(15)6-9-2-3-12(13)16-9/h2-5,7,11,15H,6H2,1H3. The minimum atomic E-state index is -0.473. The molecule has 1 unspecified atom stereocenters. The molecule has 0 saturated heterocycles. The van der Waals surface area contributed by atoms with Gasteiger partial charge in [-0.2, -0.15) is 0 Å². The number of hydrogen-bond donors (Lipinski definition) is 1. The summed E-state index contributed by atoms with van der Waals surface area (Å²) >= 11 is 5.07. The molecule has 0 aliphatic rings. The van der Waals surface area contributed by atoms with Crippen molar-refractivity contribution in [1.29, 1.82) is 0 Å². The van der Waals surface area contributed by atoms with Gasteiger partial charge in [0.15, 0.2) is 0 Å². The molecule has 2 aromatic heterocycles. The maximum Gasteiger partial charge on any atom is 0.0855 e. The van der Waals surface area contributed by atoms with Gasteiger partial charge in [0.2, 0.25) is 0 Å². The molecule has 0 bridgehead atoms. The third-order valence-electron chi connectivity index (χ3n) is 2.46. The van der Waals surface area contributed by atoms with Gasteiger partial charge in [0.1, 0.15) is 0 Å². The molecule has 4 heteroatoms. The van der Waals surface area contributed by atoms with Crippen LogP contribution in [0.4, 0.5) is 0 Å². The largest absolute Gasteiger partial charge is 0.388 e. The predicted octanol–water partition coefficient (Wildman–Crippen LogP) is 3.49. The third-order valence-corrected chi connectivity index (χ3v) is 4.11. The Hall–Kier alpha value is -0.710. The summed E-state index contributed by atoms with van der Waals surface area (Å²) in [6.45, 7) is 1.99. The zero-order valence-corrected chi connectivity index (χ0v) is 11.3. The van der Waals surface area contributed by atoms with E-state index in [0.29, 0.717) is 6.42 Å². The van der Waals surface area contributed by atoms with Crippen molar-refractivity contribution in [2.45, 2.75) is 19.4 Å². The van der Waals surface area contributed by atoms with Gasteiger partial charge in [-0.05, 0) is 46.6 Å². The molecule has 2 rings (SSSR count). The van der Waals surface area contributed by atoms with E-state index in [0.717, 1.165) is 14.9 Å². The smallest absolute Gasteiger partial charge is 0.0855 e. The molecule has 1 atom stereocenters. The van der Waals surface area contributed by atoms with Crippen molar-refractivity contribution in [2.75, 3.05) is 0 Å². The van der Waals surface area contributed by atoms with E-state index >= 15 is 0 Å². The predicted molar refractivity (Wildman–Crippen MR) is 69.7 cm³/mol. The van der Waals surface area contributed by atoms with Crippen LogP contribution in [-0.2, 0) is 6.42 Å². The Kier molecular flexibility index (Phi) is 3.74. The molecule has 0 radical (unpaired) electrons. The highest BCUT2D eigenvalue weighted by molar-refractivity contribution is 9.11. The summed E-state index contributed by atoms with van der Waals surface area (Å²) < 4.78 is 1.10. The second kappa shape index (κ2) is 5.08. The maximum atomic E-state index is 10.1. The minimum Gasteiger partial charge on any atom is -0.388 e. The van der Waals surface area contributed by atoms with Gasteiger partial charge in [-0.1, -0.05) is 0 Å². The van der Waals surface area contributed by atoms with Crippen molar-refractivity contribution < 1.29 is 5.11 Å². The van der Waals surface area contributed by atoms with Crippen LogP contribution in [0.5, 0.6) is 0 Å². The number of aliphatic hydroxyl groups excluding tert-OH is 1. The molecular weight excluding hydrogens is 286 g/mol. The summed E-state index contributed by atoms with van der Waals surface area (Å²) in [5.74, 6) is 0. The zero-order chi connectivity index (χ0) is 11.5. The Balaban J connectivity index is 2.14. The first-order valence-corrected chi connectivity index (χ1v) is 6.60. The van der Waals surface area contributed by atoms with Crippen LogP contribution in [0.2, 0.25) is 0 Å². The summed E-state index contributed by atoms with van der Waals surface area (Å²) in [5.41, 5.74) is 1.99.